The minimum absolute atomic E-state index is 0.0564. The van der Waals surface area contributed by atoms with Crippen molar-refractivity contribution in [1.82, 2.24) is 9.78 Å². The SMILES string of the molecule is COc1cc(NCc2ccn(C3CC3(F)F)n2)cc(OC(C)C)c1. The molecule has 2 aromatic rings. The first-order valence-electron chi connectivity index (χ1n) is 7.89. The summed E-state index contributed by atoms with van der Waals surface area (Å²) in [4.78, 5) is 0. The Morgan fingerprint density at radius 3 is 2.67 bits per heavy atom. The maximum absolute atomic E-state index is 13.1. The van der Waals surface area contributed by atoms with Crippen molar-refractivity contribution in [2.24, 2.45) is 0 Å². The van der Waals surface area contributed by atoms with Crippen LogP contribution in [0.1, 0.15) is 32.0 Å². The number of alkyl halides is 2. The van der Waals surface area contributed by atoms with E-state index in [4.69, 9.17) is 9.47 Å². The fourth-order valence-corrected chi connectivity index (χ4v) is 2.46. The summed E-state index contributed by atoms with van der Waals surface area (Å²) < 4.78 is 38.4. The molecule has 0 radical (unpaired) electrons. The van der Waals surface area contributed by atoms with Gasteiger partial charge in [-0.05, 0) is 19.9 Å². The molecule has 130 valence electrons. The number of rotatable bonds is 7. The molecule has 1 saturated carbocycles. The van der Waals surface area contributed by atoms with Crippen LogP contribution in [0.4, 0.5) is 14.5 Å². The van der Waals surface area contributed by atoms with Crippen LogP contribution in [0.15, 0.2) is 30.5 Å². The van der Waals surface area contributed by atoms with Crippen LogP contribution in [0.25, 0.3) is 0 Å². The Morgan fingerprint density at radius 1 is 1.33 bits per heavy atom. The standard InChI is InChI=1S/C17H21F2N3O2/c1-11(2)24-15-7-13(6-14(8-15)23-3)20-10-12-4-5-22(21-12)16-9-17(16,18)19/h4-8,11,16,20H,9-10H2,1-3H3. The van der Waals surface area contributed by atoms with E-state index in [0.717, 1.165) is 5.69 Å². The van der Waals surface area contributed by atoms with Gasteiger partial charge in [0.05, 0.1) is 25.5 Å². The normalized spacial score (nSPS) is 18.5. The highest BCUT2D eigenvalue weighted by Crippen LogP contribution is 2.52. The number of benzene rings is 1. The van der Waals surface area contributed by atoms with Gasteiger partial charge in [0.1, 0.15) is 17.5 Å². The Kier molecular flexibility index (Phi) is 4.34. The average Bonchev–Trinajstić information content (AvgIpc) is 2.95. The first-order valence-corrected chi connectivity index (χ1v) is 7.89. The summed E-state index contributed by atoms with van der Waals surface area (Å²) in [7, 11) is 1.59. The summed E-state index contributed by atoms with van der Waals surface area (Å²) in [5.74, 6) is -1.24. The fourth-order valence-electron chi connectivity index (χ4n) is 2.46. The number of methoxy groups -OCH3 is 1. The molecule has 1 aromatic carbocycles. The largest absolute Gasteiger partial charge is 0.497 e. The zero-order chi connectivity index (χ0) is 17.3. The molecule has 24 heavy (non-hydrogen) atoms. The van der Waals surface area contributed by atoms with Gasteiger partial charge in [-0.15, -0.1) is 0 Å². The van der Waals surface area contributed by atoms with Crippen molar-refractivity contribution in [2.45, 2.75) is 44.9 Å². The fraction of sp³-hybridized carbons (Fsp3) is 0.471. The van der Waals surface area contributed by atoms with Crippen molar-refractivity contribution < 1.29 is 18.3 Å². The highest BCUT2D eigenvalue weighted by Gasteiger charge is 2.59. The van der Waals surface area contributed by atoms with Crippen LogP contribution in [-0.2, 0) is 6.54 Å². The summed E-state index contributed by atoms with van der Waals surface area (Å²) in [5.41, 5.74) is 1.52. The minimum Gasteiger partial charge on any atom is -0.497 e. The molecular weight excluding hydrogens is 316 g/mol. The highest BCUT2D eigenvalue weighted by atomic mass is 19.3. The number of hydrogen-bond acceptors (Lipinski definition) is 4. The summed E-state index contributed by atoms with van der Waals surface area (Å²) in [6.45, 7) is 4.33. The van der Waals surface area contributed by atoms with Gasteiger partial charge in [0.25, 0.3) is 5.92 Å². The molecule has 1 N–H and O–H groups in total. The number of nitrogens with one attached hydrogen (secondary N) is 1. The number of anilines is 1. The molecule has 1 aliphatic carbocycles. The lowest BCUT2D eigenvalue weighted by Crippen LogP contribution is -2.07. The minimum atomic E-state index is -2.62. The Hall–Kier alpha value is -2.31. The van der Waals surface area contributed by atoms with Crippen LogP contribution >= 0.6 is 0 Å². The second kappa shape index (κ2) is 6.30. The zero-order valence-electron chi connectivity index (χ0n) is 13.9. The summed E-state index contributed by atoms with van der Waals surface area (Å²) in [6.07, 6.45) is 1.52. The number of nitrogens with zero attached hydrogens (tertiary/aromatic N) is 2. The van der Waals surface area contributed by atoms with Gasteiger partial charge < -0.3 is 14.8 Å². The predicted molar refractivity (Wildman–Crippen MR) is 86.9 cm³/mol. The summed E-state index contributed by atoms with van der Waals surface area (Å²) in [6, 6.07) is 6.48. The van der Waals surface area contributed by atoms with E-state index in [1.807, 2.05) is 32.0 Å². The van der Waals surface area contributed by atoms with Crippen molar-refractivity contribution >= 4 is 5.69 Å². The first-order chi connectivity index (χ1) is 11.4. The third-order valence-corrected chi connectivity index (χ3v) is 3.74. The Balaban J connectivity index is 1.65. The molecule has 3 rings (SSSR count). The van der Waals surface area contributed by atoms with Gasteiger partial charge in [-0.2, -0.15) is 5.10 Å². The molecule has 0 saturated heterocycles. The Bertz CT molecular complexity index is 716. The second-order valence-corrected chi connectivity index (χ2v) is 6.19. The topological polar surface area (TPSA) is 48.3 Å². The van der Waals surface area contributed by atoms with Crippen molar-refractivity contribution in [3.8, 4) is 11.5 Å². The summed E-state index contributed by atoms with van der Waals surface area (Å²) in [5, 5.41) is 7.43. The van der Waals surface area contributed by atoms with E-state index < -0.39 is 12.0 Å². The molecule has 1 unspecified atom stereocenters. The Morgan fingerprint density at radius 2 is 2.04 bits per heavy atom. The van der Waals surface area contributed by atoms with E-state index >= 15 is 0 Å². The monoisotopic (exact) mass is 337 g/mol. The zero-order valence-corrected chi connectivity index (χ0v) is 13.9. The third kappa shape index (κ3) is 3.77. The van der Waals surface area contributed by atoms with Crippen LogP contribution in [-0.4, -0.2) is 28.9 Å². The predicted octanol–water partition coefficient (Wildman–Crippen LogP) is 3.87. The molecule has 5 nitrogen and oxygen atoms in total. The van der Waals surface area contributed by atoms with Crippen molar-refractivity contribution in [1.29, 1.82) is 0 Å². The van der Waals surface area contributed by atoms with E-state index in [2.05, 4.69) is 10.4 Å². The molecule has 1 fully saturated rings. The van der Waals surface area contributed by atoms with Gasteiger partial charge in [0, 0.05) is 36.5 Å². The Labute approximate surface area is 139 Å². The van der Waals surface area contributed by atoms with Gasteiger partial charge in [-0.3, -0.25) is 4.68 Å². The third-order valence-electron chi connectivity index (χ3n) is 3.74. The lowest BCUT2D eigenvalue weighted by Gasteiger charge is -2.13. The first kappa shape index (κ1) is 16.5. The van der Waals surface area contributed by atoms with E-state index in [1.54, 1.807) is 19.4 Å². The van der Waals surface area contributed by atoms with Crippen LogP contribution in [0, 0.1) is 0 Å². The molecule has 1 atom stereocenters. The van der Waals surface area contributed by atoms with Gasteiger partial charge >= 0.3 is 0 Å². The maximum atomic E-state index is 13.1. The number of halogens is 2. The maximum Gasteiger partial charge on any atom is 0.272 e. The molecule has 1 aliphatic rings. The lowest BCUT2D eigenvalue weighted by molar-refractivity contribution is 0.0983. The lowest BCUT2D eigenvalue weighted by atomic mass is 10.2. The summed E-state index contributed by atoms with van der Waals surface area (Å²) >= 11 is 0. The molecule has 1 aromatic heterocycles. The van der Waals surface area contributed by atoms with E-state index in [1.165, 1.54) is 4.68 Å². The molecule has 0 amide bonds. The van der Waals surface area contributed by atoms with Crippen molar-refractivity contribution in [3.63, 3.8) is 0 Å². The molecule has 0 spiro atoms. The quantitative estimate of drug-likeness (QED) is 0.833. The van der Waals surface area contributed by atoms with Crippen molar-refractivity contribution in [3.05, 3.63) is 36.2 Å². The smallest absolute Gasteiger partial charge is 0.272 e. The van der Waals surface area contributed by atoms with Gasteiger partial charge in [-0.1, -0.05) is 0 Å². The van der Waals surface area contributed by atoms with Crippen LogP contribution in [0.2, 0.25) is 0 Å². The van der Waals surface area contributed by atoms with Crippen molar-refractivity contribution in [2.75, 3.05) is 12.4 Å². The molecule has 1 heterocycles. The van der Waals surface area contributed by atoms with Gasteiger partial charge in [0.2, 0.25) is 0 Å². The number of ether oxygens (including phenoxy) is 2. The van der Waals surface area contributed by atoms with E-state index in [0.29, 0.717) is 23.7 Å². The molecular formula is C17H21F2N3O2. The van der Waals surface area contributed by atoms with E-state index in [9.17, 15) is 8.78 Å². The average molecular weight is 337 g/mol. The number of aromatic nitrogens is 2. The van der Waals surface area contributed by atoms with Crippen LogP contribution in [0.3, 0.4) is 0 Å². The van der Waals surface area contributed by atoms with Gasteiger partial charge in [0.15, 0.2) is 0 Å². The number of hydrogen-bond donors (Lipinski definition) is 1. The highest BCUT2D eigenvalue weighted by molar-refractivity contribution is 5.53. The molecule has 0 aliphatic heterocycles. The second-order valence-electron chi connectivity index (χ2n) is 6.19. The van der Waals surface area contributed by atoms with Crippen LogP contribution in [0.5, 0.6) is 11.5 Å². The van der Waals surface area contributed by atoms with Crippen LogP contribution < -0.4 is 14.8 Å². The molecule has 0 bridgehead atoms. The molecule has 7 heteroatoms. The van der Waals surface area contributed by atoms with Gasteiger partial charge in [-0.25, -0.2) is 8.78 Å². The van der Waals surface area contributed by atoms with E-state index in [-0.39, 0.29) is 12.5 Å².